The van der Waals surface area contributed by atoms with Crippen molar-refractivity contribution in [3.05, 3.63) is 0 Å². The lowest BCUT2D eigenvalue weighted by atomic mass is 10.0. The molecule has 2 N–H and O–H groups in total. The van der Waals surface area contributed by atoms with Gasteiger partial charge in [0.05, 0.1) is 19.8 Å². The number of piperazine rings is 1. The molecular formula is C20H42N6O. The van der Waals surface area contributed by atoms with E-state index in [1.165, 1.54) is 13.1 Å². The van der Waals surface area contributed by atoms with Crippen LogP contribution in [0.15, 0.2) is 4.99 Å². The summed E-state index contributed by atoms with van der Waals surface area (Å²) in [6.45, 7) is 23.3. The highest BCUT2D eigenvalue weighted by molar-refractivity contribution is 5.79. The van der Waals surface area contributed by atoms with Crippen LogP contribution >= 0.6 is 0 Å². The summed E-state index contributed by atoms with van der Waals surface area (Å²) in [5.41, 5.74) is 0.0498. The molecule has 1 unspecified atom stereocenters. The predicted molar refractivity (Wildman–Crippen MR) is 114 cm³/mol. The Morgan fingerprint density at radius 1 is 1.04 bits per heavy atom. The maximum Gasteiger partial charge on any atom is 0.191 e. The van der Waals surface area contributed by atoms with Gasteiger partial charge in [0.25, 0.3) is 0 Å². The molecule has 27 heavy (non-hydrogen) atoms. The van der Waals surface area contributed by atoms with Gasteiger partial charge in [-0.25, -0.2) is 0 Å². The van der Waals surface area contributed by atoms with Gasteiger partial charge in [0.2, 0.25) is 0 Å². The molecule has 1 atom stereocenters. The molecule has 2 aliphatic heterocycles. The highest BCUT2D eigenvalue weighted by Gasteiger charge is 2.28. The maximum atomic E-state index is 5.49. The van der Waals surface area contributed by atoms with Crippen LogP contribution in [0.3, 0.4) is 0 Å². The summed E-state index contributed by atoms with van der Waals surface area (Å²) in [4.78, 5) is 12.5. The summed E-state index contributed by atoms with van der Waals surface area (Å²) in [6.07, 6.45) is 0. The van der Waals surface area contributed by atoms with Crippen LogP contribution in [-0.2, 0) is 4.74 Å². The second-order valence-corrected chi connectivity index (χ2v) is 8.31. The van der Waals surface area contributed by atoms with E-state index in [2.05, 4.69) is 60.0 Å². The first-order valence-electron chi connectivity index (χ1n) is 10.8. The molecule has 158 valence electrons. The fraction of sp³-hybridized carbons (Fsp3) is 0.950. The Morgan fingerprint density at radius 2 is 1.70 bits per heavy atom. The van der Waals surface area contributed by atoms with Crippen molar-refractivity contribution in [1.29, 1.82) is 0 Å². The summed E-state index contributed by atoms with van der Waals surface area (Å²) in [5.74, 6) is 0.929. The topological polar surface area (TPSA) is 55.4 Å². The van der Waals surface area contributed by atoms with Gasteiger partial charge >= 0.3 is 0 Å². The lowest BCUT2D eigenvalue weighted by Crippen LogP contribution is -2.54. The minimum atomic E-state index is 0.0498. The van der Waals surface area contributed by atoms with Crippen molar-refractivity contribution in [3.8, 4) is 0 Å². The van der Waals surface area contributed by atoms with Crippen molar-refractivity contribution in [2.24, 2.45) is 4.99 Å². The van der Waals surface area contributed by atoms with E-state index < -0.39 is 0 Å². The Morgan fingerprint density at radius 3 is 2.30 bits per heavy atom. The van der Waals surface area contributed by atoms with Crippen LogP contribution in [0.25, 0.3) is 0 Å². The van der Waals surface area contributed by atoms with Crippen molar-refractivity contribution < 1.29 is 4.74 Å². The standard InChI is InChI=1S/C20H42N6O/c1-6-21-19(23-17-20(4,5)26-12-14-27-15-13-26)22-16-18(3)25-10-8-24(7-2)9-11-25/h18H,6-17H2,1-5H3,(H2,21,22,23). The number of ether oxygens (including phenoxy) is 1. The molecule has 2 heterocycles. The Balaban J connectivity index is 1.82. The van der Waals surface area contributed by atoms with E-state index in [4.69, 9.17) is 9.73 Å². The molecule has 2 fully saturated rings. The zero-order valence-corrected chi connectivity index (χ0v) is 18.3. The molecule has 0 spiro atoms. The van der Waals surface area contributed by atoms with Crippen LogP contribution in [-0.4, -0.2) is 111 Å². The highest BCUT2D eigenvalue weighted by atomic mass is 16.5. The van der Waals surface area contributed by atoms with Crippen molar-refractivity contribution >= 4 is 5.96 Å². The van der Waals surface area contributed by atoms with Gasteiger partial charge < -0.3 is 20.3 Å². The molecule has 0 bridgehead atoms. The number of hydrogen-bond acceptors (Lipinski definition) is 5. The van der Waals surface area contributed by atoms with Crippen LogP contribution in [0.5, 0.6) is 0 Å². The van der Waals surface area contributed by atoms with Crippen LogP contribution in [0.4, 0.5) is 0 Å². The lowest BCUT2D eigenvalue weighted by molar-refractivity contribution is -0.00684. The van der Waals surface area contributed by atoms with Gasteiger partial charge in [-0.3, -0.25) is 14.8 Å². The fourth-order valence-corrected chi connectivity index (χ4v) is 3.78. The minimum Gasteiger partial charge on any atom is -0.379 e. The summed E-state index contributed by atoms with van der Waals surface area (Å²) >= 11 is 0. The summed E-state index contributed by atoms with van der Waals surface area (Å²) in [7, 11) is 0. The molecule has 2 aliphatic rings. The van der Waals surface area contributed by atoms with Gasteiger partial charge in [-0.05, 0) is 34.2 Å². The van der Waals surface area contributed by atoms with Crippen LogP contribution in [0.1, 0.15) is 34.6 Å². The number of morpholine rings is 1. The number of nitrogens with one attached hydrogen (secondary N) is 2. The van der Waals surface area contributed by atoms with Gasteiger partial charge in [0.15, 0.2) is 5.96 Å². The van der Waals surface area contributed by atoms with Gasteiger partial charge in [0, 0.05) is 63.9 Å². The number of nitrogens with zero attached hydrogens (tertiary/aromatic N) is 4. The van der Waals surface area contributed by atoms with E-state index in [9.17, 15) is 0 Å². The normalized spacial score (nSPS) is 22.6. The maximum absolute atomic E-state index is 5.49. The SMILES string of the molecule is CCNC(=NCC(C)(C)N1CCOCC1)NCC(C)N1CCN(CC)CC1. The summed E-state index contributed by atoms with van der Waals surface area (Å²) < 4.78 is 5.49. The van der Waals surface area contributed by atoms with Crippen molar-refractivity contribution in [1.82, 2.24) is 25.3 Å². The predicted octanol–water partition coefficient (Wildman–Crippen LogP) is 0.678. The molecule has 7 nitrogen and oxygen atoms in total. The third-order valence-electron chi connectivity index (χ3n) is 5.88. The molecule has 0 saturated carbocycles. The molecule has 0 amide bonds. The molecule has 7 heteroatoms. The van der Waals surface area contributed by atoms with E-state index in [-0.39, 0.29) is 5.54 Å². The van der Waals surface area contributed by atoms with Crippen molar-refractivity contribution in [2.45, 2.75) is 46.2 Å². The number of guanidine groups is 1. The Labute approximate surface area is 166 Å². The second-order valence-electron chi connectivity index (χ2n) is 8.31. The van der Waals surface area contributed by atoms with Gasteiger partial charge in [-0.1, -0.05) is 6.92 Å². The third-order valence-corrected chi connectivity index (χ3v) is 5.88. The van der Waals surface area contributed by atoms with E-state index in [0.29, 0.717) is 6.04 Å². The van der Waals surface area contributed by atoms with Gasteiger partial charge in [-0.2, -0.15) is 0 Å². The monoisotopic (exact) mass is 382 g/mol. The zero-order valence-electron chi connectivity index (χ0n) is 18.3. The lowest BCUT2D eigenvalue weighted by Gasteiger charge is -2.40. The van der Waals surface area contributed by atoms with E-state index in [1.54, 1.807) is 0 Å². The Kier molecular flexibility index (Phi) is 9.29. The van der Waals surface area contributed by atoms with Crippen LogP contribution in [0.2, 0.25) is 0 Å². The van der Waals surface area contributed by atoms with E-state index in [1.807, 2.05) is 0 Å². The van der Waals surface area contributed by atoms with Crippen LogP contribution in [0, 0.1) is 0 Å². The number of likely N-dealkylation sites (N-methyl/N-ethyl adjacent to an activating group) is 1. The number of rotatable bonds is 8. The number of aliphatic imine (C=N–C) groups is 1. The summed E-state index contributed by atoms with van der Waals surface area (Å²) in [6, 6.07) is 0.514. The molecule has 0 aromatic rings. The zero-order chi connectivity index (χ0) is 19.7. The minimum absolute atomic E-state index is 0.0498. The van der Waals surface area contributed by atoms with E-state index in [0.717, 1.165) is 71.5 Å². The second kappa shape index (κ2) is 11.2. The molecule has 0 aromatic carbocycles. The molecular weight excluding hydrogens is 340 g/mol. The average molecular weight is 383 g/mol. The Bertz CT molecular complexity index is 442. The van der Waals surface area contributed by atoms with Crippen molar-refractivity contribution in [2.75, 3.05) is 78.7 Å². The first-order chi connectivity index (χ1) is 13.0. The average Bonchev–Trinajstić information content (AvgIpc) is 2.70. The van der Waals surface area contributed by atoms with Gasteiger partial charge in [-0.15, -0.1) is 0 Å². The molecule has 0 aliphatic carbocycles. The summed E-state index contributed by atoms with van der Waals surface area (Å²) in [5, 5.41) is 6.96. The largest absolute Gasteiger partial charge is 0.379 e. The highest BCUT2D eigenvalue weighted by Crippen LogP contribution is 2.16. The third kappa shape index (κ3) is 7.22. The smallest absolute Gasteiger partial charge is 0.191 e. The molecule has 2 rings (SSSR count). The quantitative estimate of drug-likeness (QED) is 0.476. The first-order valence-corrected chi connectivity index (χ1v) is 10.8. The molecule has 0 radical (unpaired) electrons. The fourth-order valence-electron chi connectivity index (χ4n) is 3.78. The van der Waals surface area contributed by atoms with Crippen molar-refractivity contribution in [3.63, 3.8) is 0 Å². The van der Waals surface area contributed by atoms with E-state index >= 15 is 0 Å². The first kappa shape index (κ1) is 22.4. The van der Waals surface area contributed by atoms with Gasteiger partial charge in [0.1, 0.15) is 0 Å². The Hall–Kier alpha value is -0.890. The van der Waals surface area contributed by atoms with Crippen LogP contribution < -0.4 is 10.6 Å². The molecule has 2 saturated heterocycles. The molecule has 0 aromatic heterocycles. The number of hydrogen-bond donors (Lipinski definition) is 2.